The Labute approximate surface area is 120 Å². The predicted octanol–water partition coefficient (Wildman–Crippen LogP) is 3.59. The van der Waals surface area contributed by atoms with Crippen LogP contribution in [0.5, 0.6) is 0 Å². The number of fused-ring (bicyclic) bond motifs is 1. The molecular weight excluding hydrogens is 300 g/mol. The molecule has 0 bridgehead atoms. The molecule has 3 N–H and O–H groups in total. The number of pyridine rings is 1. The van der Waals surface area contributed by atoms with Crippen LogP contribution in [-0.4, -0.2) is 0 Å². The first kappa shape index (κ1) is 12.2. The Morgan fingerprint density at radius 2 is 1.53 bits per heavy atom. The van der Waals surface area contributed by atoms with Crippen LogP contribution in [0.15, 0.2) is 59.2 Å². The fraction of sp³-hybridized carbons (Fsp3) is 0.0625. The fourth-order valence-corrected chi connectivity index (χ4v) is 2.89. The van der Waals surface area contributed by atoms with Crippen LogP contribution in [0.2, 0.25) is 0 Å². The van der Waals surface area contributed by atoms with Crippen molar-refractivity contribution in [3.05, 3.63) is 70.3 Å². The molecule has 0 aliphatic heterocycles. The lowest BCUT2D eigenvalue weighted by atomic mass is 10.00. The third-order valence-corrected chi connectivity index (χ3v) is 3.91. The normalized spacial score (nSPS) is 10.8. The molecule has 0 fully saturated rings. The highest BCUT2D eigenvalue weighted by Gasteiger charge is 2.14. The van der Waals surface area contributed by atoms with Gasteiger partial charge >= 0.3 is 0 Å². The Hall–Kier alpha value is -1.87. The maximum atomic E-state index is 6.15. The largest absolute Gasteiger partial charge is 0.287 e. The number of nitrogen functional groups attached to an aromatic ring is 1. The SMILES string of the molecule is Nc1[nH+]c(Br)c2ccccc2c1Cc1ccccc1. The van der Waals surface area contributed by atoms with Crippen LogP contribution in [0.1, 0.15) is 11.1 Å². The smallest absolute Gasteiger partial charge is 0.275 e. The quantitative estimate of drug-likeness (QED) is 0.722. The van der Waals surface area contributed by atoms with Crippen LogP contribution in [0.25, 0.3) is 10.8 Å². The van der Waals surface area contributed by atoms with Crippen molar-refractivity contribution in [1.29, 1.82) is 0 Å². The summed E-state index contributed by atoms with van der Waals surface area (Å²) in [5.74, 6) is 0.717. The van der Waals surface area contributed by atoms with Crippen molar-refractivity contribution in [3.63, 3.8) is 0 Å². The van der Waals surface area contributed by atoms with Gasteiger partial charge in [-0.1, -0.05) is 48.5 Å². The number of aromatic amines is 1. The molecular formula is C16H14BrN2+. The summed E-state index contributed by atoms with van der Waals surface area (Å²) in [7, 11) is 0. The molecule has 3 aromatic rings. The number of H-pyrrole nitrogens is 1. The minimum atomic E-state index is 0.717. The van der Waals surface area contributed by atoms with Crippen molar-refractivity contribution in [1.82, 2.24) is 0 Å². The van der Waals surface area contributed by atoms with Crippen LogP contribution in [-0.2, 0) is 6.42 Å². The highest BCUT2D eigenvalue weighted by molar-refractivity contribution is 9.10. The zero-order valence-electron chi connectivity index (χ0n) is 10.4. The van der Waals surface area contributed by atoms with Gasteiger partial charge in [0.2, 0.25) is 0 Å². The second-order valence-corrected chi connectivity index (χ2v) is 5.33. The lowest BCUT2D eigenvalue weighted by Gasteiger charge is -2.07. The van der Waals surface area contributed by atoms with Crippen molar-refractivity contribution in [2.24, 2.45) is 0 Å². The standard InChI is InChI=1S/C16H13BrN2/c17-15-13-9-5-4-8-12(13)14(16(18)19-15)10-11-6-2-1-3-7-11/h1-9H,10H2,(H2,18,19)/p+1. The van der Waals surface area contributed by atoms with Gasteiger partial charge in [0, 0.05) is 11.8 Å². The molecule has 3 rings (SSSR count). The van der Waals surface area contributed by atoms with Gasteiger partial charge in [-0.15, -0.1) is 0 Å². The topological polar surface area (TPSA) is 40.2 Å². The summed E-state index contributed by atoms with van der Waals surface area (Å²) in [6.45, 7) is 0. The predicted molar refractivity (Wildman–Crippen MR) is 81.9 cm³/mol. The third-order valence-electron chi connectivity index (χ3n) is 3.28. The Morgan fingerprint density at radius 1 is 0.895 bits per heavy atom. The van der Waals surface area contributed by atoms with Crippen molar-refractivity contribution in [3.8, 4) is 0 Å². The summed E-state index contributed by atoms with van der Waals surface area (Å²) >= 11 is 3.53. The van der Waals surface area contributed by atoms with Gasteiger partial charge in [-0.05, 0) is 32.9 Å². The number of benzene rings is 2. The Balaban J connectivity index is 2.18. The summed E-state index contributed by atoms with van der Waals surface area (Å²) in [6, 6.07) is 18.6. The maximum Gasteiger partial charge on any atom is 0.275 e. The lowest BCUT2D eigenvalue weighted by Crippen LogP contribution is -2.16. The minimum absolute atomic E-state index is 0.717. The van der Waals surface area contributed by atoms with E-state index in [0.717, 1.165) is 27.8 Å². The molecule has 0 saturated heterocycles. The summed E-state index contributed by atoms with van der Waals surface area (Å²) < 4.78 is 0.928. The number of hydrogen-bond acceptors (Lipinski definition) is 1. The second-order valence-electron chi connectivity index (χ2n) is 4.54. The van der Waals surface area contributed by atoms with Gasteiger partial charge in [0.1, 0.15) is 0 Å². The first-order valence-electron chi connectivity index (χ1n) is 6.17. The zero-order valence-corrected chi connectivity index (χ0v) is 11.9. The van der Waals surface area contributed by atoms with E-state index in [2.05, 4.69) is 57.3 Å². The molecule has 0 amide bonds. The highest BCUT2D eigenvalue weighted by atomic mass is 79.9. The molecule has 0 aliphatic rings. The maximum absolute atomic E-state index is 6.15. The van der Waals surface area contributed by atoms with E-state index in [-0.39, 0.29) is 0 Å². The average Bonchev–Trinajstić information content (AvgIpc) is 2.45. The molecule has 0 saturated carbocycles. The van der Waals surface area contributed by atoms with Crippen LogP contribution in [0.3, 0.4) is 0 Å². The first-order valence-corrected chi connectivity index (χ1v) is 6.97. The lowest BCUT2D eigenvalue weighted by molar-refractivity contribution is -0.373. The first-order chi connectivity index (χ1) is 9.25. The monoisotopic (exact) mass is 313 g/mol. The van der Waals surface area contributed by atoms with E-state index < -0.39 is 0 Å². The Bertz CT molecular complexity index is 723. The number of nitrogens with two attached hydrogens (primary N) is 1. The summed E-state index contributed by atoms with van der Waals surface area (Å²) in [5.41, 5.74) is 8.55. The van der Waals surface area contributed by atoms with Gasteiger partial charge in [0.25, 0.3) is 5.82 Å². The van der Waals surface area contributed by atoms with E-state index in [1.165, 1.54) is 10.9 Å². The fourth-order valence-electron chi connectivity index (χ4n) is 2.33. The van der Waals surface area contributed by atoms with Crippen LogP contribution in [0, 0.1) is 0 Å². The van der Waals surface area contributed by atoms with Crippen molar-refractivity contribution >= 4 is 32.5 Å². The number of anilines is 1. The number of hydrogen-bond donors (Lipinski definition) is 1. The van der Waals surface area contributed by atoms with Gasteiger partial charge in [0.15, 0.2) is 4.60 Å². The van der Waals surface area contributed by atoms with Gasteiger partial charge < -0.3 is 0 Å². The molecule has 3 heteroatoms. The number of nitrogens with one attached hydrogen (secondary N) is 1. The van der Waals surface area contributed by atoms with E-state index in [4.69, 9.17) is 5.73 Å². The van der Waals surface area contributed by atoms with Gasteiger partial charge in [-0.2, -0.15) is 0 Å². The van der Waals surface area contributed by atoms with E-state index in [1.54, 1.807) is 0 Å². The molecule has 1 heterocycles. The van der Waals surface area contributed by atoms with Crippen LogP contribution >= 0.6 is 15.9 Å². The molecule has 94 valence electrons. The Kier molecular flexibility index (Phi) is 3.22. The average molecular weight is 314 g/mol. The van der Waals surface area contributed by atoms with E-state index in [9.17, 15) is 0 Å². The van der Waals surface area contributed by atoms with Crippen LogP contribution < -0.4 is 10.7 Å². The molecule has 0 aliphatic carbocycles. The van der Waals surface area contributed by atoms with Crippen molar-refractivity contribution < 1.29 is 4.98 Å². The van der Waals surface area contributed by atoms with E-state index in [1.807, 2.05) is 18.2 Å². The van der Waals surface area contributed by atoms with Crippen LogP contribution in [0.4, 0.5) is 5.82 Å². The molecule has 0 unspecified atom stereocenters. The number of rotatable bonds is 2. The van der Waals surface area contributed by atoms with Gasteiger partial charge in [0.05, 0.1) is 5.56 Å². The minimum Gasteiger partial charge on any atom is -0.287 e. The zero-order chi connectivity index (χ0) is 13.2. The number of halogens is 1. The molecule has 0 spiro atoms. The van der Waals surface area contributed by atoms with Gasteiger partial charge in [-0.3, -0.25) is 5.73 Å². The van der Waals surface area contributed by atoms with E-state index in [0.29, 0.717) is 0 Å². The molecule has 0 radical (unpaired) electrons. The highest BCUT2D eigenvalue weighted by Crippen LogP contribution is 2.27. The molecule has 1 aromatic heterocycles. The molecule has 2 aromatic carbocycles. The summed E-state index contributed by atoms with van der Waals surface area (Å²) in [4.78, 5) is 3.20. The molecule has 0 atom stereocenters. The van der Waals surface area contributed by atoms with Gasteiger partial charge in [-0.25, -0.2) is 4.98 Å². The van der Waals surface area contributed by atoms with Crippen molar-refractivity contribution in [2.45, 2.75) is 6.42 Å². The second kappa shape index (κ2) is 5.02. The van der Waals surface area contributed by atoms with Crippen molar-refractivity contribution in [2.75, 3.05) is 5.73 Å². The summed E-state index contributed by atoms with van der Waals surface area (Å²) in [6.07, 6.45) is 0.830. The molecule has 2 nitrogen and oxygen atoms in total. The summed E-state index contributed by atoms with van der Waals surface area (Å²) in [5, 5.41) is 2.34. The third kappa shape index (κ3) is 2.34. The number of aromatic nitrogens is 1. The Morgan fingerprint density at radius 3 is 2.26 bits per heavy atom. The molecule has 19 heavy (non-hydrogen) atoms. The van der Waals surface area contributed by atoms with E-state index >= 15 is 0 Å².